The summed E-state index contributed by atoms with van der Waals surface area (Å²) < 4.78 is 10.1. The first kappa shape index (κ1) is 13.9. The van der Waals surface area contributed by atoms with Crippen LogP contribution in [0.15, 0.2) is 34.7 Å². The van der Waals surface area contributed by atoms with E-state index in [-0.39, 0.29) is 23.0 Å². The fourth-order valence-electron chi connectivity index (χ4n) is 1.59. The van der Waals surface area contributed by atoms with Gasteiger partial charge in [0.1, 0.15) is 5.76 Å². The van der Waals surface area contributed by atoms with Gasteiger partial charge in [0.25, 0.3) is 0 Å². The molecule has 1 heterocycles. The van der Waals surface area contributed by atoms with E-state index in [0.29, 0.717) is 17.6 Å². The first-order valence-corrected chi connectivity index (χ1v) is 5.99. The zero-order valence-electron chi connectivity index (χ0n) is 10.3. The van der Waals surface area contributed by atoms with Crippen LogP contribution in [0.5, 0.6) is 0 Å². The van der Waals surface area contributed by atoms with Gasteiger partial charge < -0.3 is 9.15 Å². The Morgan fingerprint density at radius 2 is 2.20 bits per heavy atom. The average Bonchev–Trinajstić information content (AvgIpc) is 2.94. The molecule has 0 unspecified atom stereocenters. The highest BCUT2D eigenvalue weighted by molar-refractivity contribution is 6.33. The van der Waals surface area contributed by atoms with Crippen molar-refractivity contribution < 1.29 is 18.7 Å². The van der Waals surface area contributed by atoms with Crippen molar-refractivity contribution in [3.63, 3.8) is 0 Å². The Labute approximate surface area is 120 Å². The number of aldehydes is 1. The van der Waals surface area contributed by atoms with Gasteiger partial charge in [-0.15, -0.1) is 6.42 Å². The molecule has 1 aromatic heterocycles. The maximum absolute atomic E-state index is 11.8. The van der Waals surface area contributed by atoms with E-state index in [1.165, 1.54) is 12.1 Å². The summed E-state index contributed by atoms with van der Waals surface area (Å²) in [7, 11) is 0. The van der Waals surface area contributed by atoms with Gasteiger partial charge in [0, 0.05) is 5.56 Å². The standard InChI is InChI=1S/C15H9ClO4/c1-2-7-19-15(18)12-8-10(3-5-13(12)16)14-6-4-11(9-17)20-14/h1,3-6,8-9H,7H2. The van der Waals surface area contributed by atoms with E-state index in [1.807, 2.05) is 0 Å². The molecule has 5 heteroatoms. The molecular formula is C15H9ClO4. The van der Waals surface area contributed by atoms with Crippen LogP contribution in [-0.4, -0.2) is 18.9 Å². The summed E-state index contributed by atoms with van der Waals surface area (Å²) in [6.07, 6.45) is 5.62. The number of halogens is 1. The van der Waals surface area contributed by atoms with Gasteiger partial charge in [-0.1, -0.05) is 17.5 Å². The van der Waals surface area contributed by atoms with Crippen molar-refractivity contribution in [2.24, 2.45) is 0 Å². The number of hydrogen-bond donors (Lipinski definition) is 0. The number of esters is 1. The summed E-state index contributed by atoms with van der Waals surface area (Å²) in [5.41, 5.74) is 0.790. The van der Waals surface area contributed by atoms with Crippen LogP contribution >= 0.6 is 11.6 Å². The summed E-state index contributed by atoms with van der Waals surface area (Å²) >= 11 is 5.95. The lowest BCUT2D eigenvalue weighted by molar-refractivity contribution is 0.0557. The monoisotopic (exact) mass is 288 g/mol. The van der Waals surface area contributed by atoms with Gasteiger partial charge in [-0.2, -0.15) is 0 Å². The molecule has 2 rings (SSSR count). The molecule has 0 radical (unpaired) electrons. The summed E-state index contributed by atoms with van der Waals surface area (Å²) in [6, 6.07) is 7.91. The first-order valence-electron chi connectivity index (χ1n) is 5.61. The van der Waals surface area contributed by atoms with Gasteiger partial charge >= 0.3 is 5.97 Å². The molecule has 20 heavy (non-hydrogen) atoms. The highest BCUT2D eigenvalue weighted by Gasteiger charge is 2.14. The van der Waals surface area contributed by atoms with Crippen molar-refractivity contribution in [1.29, 1.82) is 0 Å². The Morgan fingerprint density at radius 3 is 2.85 bits per heavy atom. The summed E-state index contributed by atoms with van der Waals surface area (Å²) in [4.78, 5) is 22.4. The lowest BCUT2D eigenvalue weighted by Crippen LogP contribution is -2.06. The number of carbonyl (C=O) groups is 2. The van der Waals surface area contributed by atoms with Crippen LogP contribution in [0.1, 0.15) is 20.9 Å². The molecule has 0 bridgehead atoms. The summed E-state index contributed by atoms with van der Waals surface area (Å²) in [6.45, 7) is -0.130. The number of carbonyl (C=O) groups excluding carboxylic acids is 2. The number of rotatable bonds is 4. The molecule has 0 amide bonds. The molecule has 0 aliphatic carbocycles. The van der Waals surface area contributed by atoms with E-state index < -0.39 is 5.97 Å². The molecule has 0 N–H and O–H groups in total. The van der Waals surface area contributed by atoms with Crippen molar-refractivity contribution in [3.05, 3.63) is 46.7 Å². The van der Waals surface area contributed by atoms with Gasteiger partial charge in [0.15, 0.2) is 18.7 Å². The van der Waals surface area contributed by atoms with Gasteiger partial charge in [0.2, 0.25) is 0 Å². The third-order valence-electron chi connectivity index (χ3n) is 2.50. The van der Waals surface area contributed by atoms with Gasteiger partial charge in [-0.3, -0.25) is 4.79 Å². The Balaban J connectivity index is 2.35. The van der Waals surface area contributed by atoms with Crippen LogP contribution in [0.25, 0.3) is 11.3 Å². The maximum atomic E-state index is 11.8. The third kappa shape index (κ3) is 2.90. The zero-order chi connectivity index (χ0) is 14.5. The number of ether oxygens (including phenoxy) is 1. The van der Waals surface area contributed by atoms with E-state index in [4.69, 9.17) is 27.2 Å². The van der Waals surface area contributed by atoms with Crippen LogP contribution in [0.3, 0.4) is 0 Å². The van der Waals surface area contributed by atoms with Crippen LogP contribution < -0.4 is 0 Å². The van der Waals surface area contributed by atoms with Gasteiger partial charge in [-0.05, 0) is 30.3 Å². The minimum Gasteiger partial charge on any atom is -0.453 e. The minimum absolute atomic E-state index is 0.130. The average molecular weight is 289 g/mol. The van der Waals surface area contributed by atoms with Gasteiger partial charge in [0.05, 0.1) is 10.6 Å². The SMILES string of the molecule is C#CCOC(=O)c1cc(-c2ccc(C=O)o2)ccc1Cl. The van der Waals surface area contributed by atoms with Crippen molar-refractivity contribution >= 4 is 23.9 Å². The van der Waals surface area contributed by atoms with E-state index in [2.05, 4.69) is 5.92 Å². The molecule has 1 aromatic carbocycles. The Bertz CT molecular complexity index is 694. The third-order valence-corrected chi connectivity index (χ3v) is 2.83. The molecule has 0 aliphatic rings. The topological polar surface area (TPSA) is 56.5 Å². The Morgan fingerprint density at radius 1 is 1.40 bits per heavy atom. The predicted octanol–water partition coefficient (Wildman–Crippen LogP) is 3.20. The second kappa shape index (κ2) is 6.09. The molecule has 100 valence electrons. The summed E-state index contributed by atoms with van der Waals surface area (Å²) in [5, 5.41) is 0.248. The first-order chi connectivity index (χ1) is 9.65. The normalized spacial score (nSPS) is 9.80. The van der Waals surface area contributed by atoms with Crippen LogP contribution in [0.4, 0.5) is 0 Å². The molecule has 4 nitrogen and oxygen atoms in total. The number of benzene rings is 1. The van der Waals surface area contributed by atoms with E-state index >= 15 is 0 Å². The molecule has 0 saturated carbocycles. The van der Waals surface area contributed by atoms with Crippen molar-refractivity contribution in [1.82, 2.24) is 0 Å². The Hall–Kier alpha value is -2.51. The highest BCUT2D eigenvalue weighted by atomic mass is 35.5. The van der Waals surface area contributed by atoms with Crippen molar-refractivity contribution in [2.75, 3.05) is 6.61 Å². The lowest BCUT2D eigenvalue weighted by atomic mass is 10.1. The summed E-state index contributed by atoms with van der Waals surface area (Å²) in [5.74, 6) is 2.24. The smallest absolute Gasteiger partial charge is 0.340 e. The molecule has 0 atom stereocenters. The van der Waals surface area contributed by atoms with Crippen LogP contribution in [0, 0.1) is 12.3 Å². The molecule has 0 fully saturated rings. The molecule has 0 spiro atoms. The van der Waals surface area contributed by atoms with Crippen molar-refractivity contribution in [3.8, 4) is 23.7 Å². The van der Waals surface area contributed by atoms with Gasteiger partial charge in [-0.25, -0.2) is 4.79 Å². The second-order valence-electron chi connectivity index (χ2n) is 3.79. The number of terminal acetylenes is 1. The zero-order valence-corrected chi connectivity index (χ0v) is 11.0. The lowest BCUT2D eigenvalue weighted by Gasteiger charge is -2.05. The molecular weight excluding hydrogens is 280 g/mol. The van der Waals surface area contributed by atoms with E-state index in [0.717, 1.165) is 0 Å². The second-order valence-corrected chi connectivity index (χ2v) is 4.20. The fraction of sp³-hybridized carbons (Fsp3) is 0.0667. The maximum Gasteiger partial charge on any atom is 0.340 e. The largest absolute Gasteiger partial charge is 0.453 e. The van der Waals surface area contributed by atoms with E-state index in [1.54, 1.807) is 18.2 Å². The molecule has 0 aliphatic heterocycles. The Kier molecular flexibility index (Phi) is 4.24. The minimum atomic E-state index is -0.614. The quantitative estimate of drug-likeness (QED) is 0.492. The number of furan rings is 1. The molecule has 2 aromatic rings. The van der Waals surface area contributed by atoms with Crippen LogP contribution in [0.2, 0.25) is 5.02 Å². The predicted molar refractivity (Wildman–Crippen MR) is 73.7 cm³/mol. The van der Waals surface area contributed by atoms with Crippen molar-refractivity contribution in [2.45, 2.75) is 0 Å². The number of hydrogen-bond acceptors (Lipinski definition) is 4. The van der Waals surface area contributed by atoms with E-state index in [9.17, 15) is 9.59 Å². The molecule has 0 saturated heterocycles. The highest BCUT2D eigenvalue weighted by Crippen LogP contribution is 2.27. The fourth-order valence-corrected chi connectivity index (χ4v) is 1.79. The van der Waals surface area contributed by atoms with Crippen LogP contribution in [-0.2, 0) is 4.74 Å².